The molecule has 1 radical (unpaired) electrons. The second kappa shape index (κ2) is 2.34. The van der Waals surface area contributed by atoms with E-state index >= 15 is 0 Å². The minimum atomic E-state index is 0.726. The SMILES string of the molecule is CC1=CC(C)[CH]CC1. The standard InChI is InChI=1S/C8H13/c1-7-4-3-5-8(2)6-7/h4,6-7H,3,5H2,1-2H3. The summed E-state index contributed by atoms with van der Waals surface area (Å²) < 4.78 is 0. The number of hydrogen-bond acceptors (Lipinski definition) is 0. The first-order valence-electron chi connectivity index (χ1n) is 3.29. The summed E-state index contributed by atoms with van der Waals surface area (Å²) in [5.41, 5.74) is 1.56. The van der Waals surface area contributed by atoms with Crippen molar-refractivity contribution in [2.45, 2.75) is 26.7 Å². The van der Waals surface area contributed by atoms with Gasteiger partial charge in [-0.3, -0.25) is 0 Å². The molecule has 0 aromatic rings. The van der Waals surface area contributed by atoms with E-state index in [1.807, 2.05) is 0 Å². The van der Waals surface area contributed by atoms with Gasteiger partial charge in [0.2, 0.25) is 0 Å². The van der Waals surface area contributed by atoms with E-state index in [-0.39, 0.29) is 0 Å². The summed E-state index contributed by atoms with van der Waals surface area (Å²) in [6.45, 7) is 4.45. The first kappa shape index (κ1) is 5.87. The lowest BCUT2D eigenvalue weighted by atomic mass is 9.93. The molecule has 1 rings (SSSR count). The highest BCUT2D eigenvalue weighted by atomic mass is 14.1. The Morgan fingerprint density at radius 3 is 2.75 bits per heavy atom. The molecule has 0 spiro atoms. The highest BCUT2D eigenvalue weighted by Crippen LogP contribution is 2.20. The third kappa shape index (κ3) is 1.36. The van der Waals surface area contributed by atoms with Crippen molar-refractivity contribution < 1.29 is 0 Å². The van der Waals surface area contributed by atoms with Crippen molar-refractivity contribution in [3.05, 3.63) is 18.1 Å². The van der Waals surface area contributed by atoms with Crippen molar-refractivity contribution in [3.63, 3.8) is 0 Å². The fraction of sp³-hybridized carbons (Fsp3) is 0.625. The number of allylic oxidation sites excluding steroid dienone is 2. The molecule has 0 aliphatic heterocycles. The predicted octanol–water partition coefficient (Wildman–Crippen LogP) is 2.57. The minimum absolute atomic E-state index is 0.726. The highest BCUT2D eigenvalue weighted by Gasteiger charge is 2.04. The van der Waals surface area contributed by atoms with Crippen LogP contribution in [0.3, 0.4) is 0 Å². The average molecular weight is 109 g/mol. The van der Waals surface area contributed by atoms with Crippen molar-refractivity contribution in [1.82, 2.24) is 0 Å². The normalized spacial score (nSPS) is 29.8. The lowest BCUT2D eigenvalue weighted by Gasteiger charge is -2.13. The van der Waals surface area contributed by atoms with E-state index in [1.165, 1.54) is 12.8 Å². The summed E-state index contributed by atoms with van der Waals surface area (Å²) in [6, 6.07) is 0. The molecular weight excluding hydrogens is 96.1 g/mol. The van der Waals surface area contributed by atoms with Crippen LogP contribution >= 0.6 is 0 Å². The van der Waals surface area contributed by atoms with E-state index in [2.05, 4.69) is 26.3 Å². The van der Waals surface area contributed by atoms with Crippen LogP contribution in [0.1, 0.15) is 26.7 Å². The molecule has 1 aliphatic carbocycles. The molecule has 1 unspecified atom stereocenters. The smallest absolute Gasteiger partial charge is 0.0228 e. The summed E-state index contributed by atoms with van der Waals surface area (Å²) in [5, 5.41) is 0. The molecule has 0 heteroatoms. The minimum Gasteiger partial charge on any atom is -0.0825 e. The molecular formula is C8H13. The second-order valence-corrected chi connectivity index (χ2v) is 2.65. The molecule has 0 saturated heterocycles. The van der Waals surface area contributed by atoms with Gasteiger partial charge in [-0.05, 0) is 32.1 Å². The number of rotatable bonds is 0. The quantitative estimate of drug-likeness (QED) is 0.419. The van der Waals surface area contributed by atoms with E-state index in [4.69, 9.17) is 0 Å². The fourth-order valence-corrected chi connectivity index (χ4v) is 1.17. The molecule has 1 atom stereocenters. The summed E-state index contributed by atoms with van der Waals surface area (Å²) in [6.07, 6.45) is 7.27. The number of hydrogen-bond donors (Lipinski definition) is 0. The van der Waals surface area contributed by atoms with Crippen molar-refractivity contribution in [3.8, 4) is 0 Å². The van der Waals surface area contributed by atoms with E-state index in [9.17, 15) is 0 Å². The molecule has 0 aromatic carbocycles. The molecule has 0 nitrogen and oxygen atoms in total. The van der Waals surface area contributed by atoms with Gasteiger partial charge in [-0.25, -0.2) is 0 Å². The third-order valence-corrected chi connectivity index (χ3v) is 1.62. The van der Waals surface area contributed by atoms with Gasteiger partial charge in [0.05, 0.1) is 0 Å². The maximum absolute atomic E-state index is 2.37. The molecule has 0 N–H and O–H groups in total. The van der Waals surface area contributed by atoms with Gasteiger partial charge < -0.3 is 0 Å². The Morgan fingerprint density at radius 2 is 2.38 bits per heavy atom. The Labute approximate surface area is 51.6 Å². The summed E-state index contributed by atoms with van der Waals surface area (Å²) in [5.74, 6) is 0.726. The Balaban J connectivity index is 2.50. The molecule has 8 heavy (non-hydrogen) atoms. The van der Waals surface area contributed by atoms with Crippen LogP contribution in [0.5, 0.6) is 0 Å². The van der Waals surface area contributed by atoms with Crippen molar-refractivity contribution in [2.24, 2.45) is 5.92 Å². The van der Waals surface area contributed by atoms with Crippen LogP contribution in [-0.4, -0.2) is 0 Å². The first-order chi connectivity index (χ1) is 3.79. The van der Waals surface area contributed by atoms with Gasteiger partial charge in [-0.15, -0.1) is 0 Å². The lowest BCUT2D eigenvalue weighted by Crippen LogP contribution is -1.98. The zero-order chi connectivity index (χ0) is 5.98. The van der Waals surface area contributed by atoms with Crippen molar-refractivity contribution in [2.75, 3.05) is 0 Å². The van der Waals surface area contributed by atoms with Gasteiger partial charge in [0.15, 0.2) is 0 Å². The van der Waals surface area contributed by atoms with Gasteiger partial charge in [0.1, 0.15) is 0 Å². The predicted molar refractivity (Wildman–Crippen MR) is 36.5 cm³/mol. The Bertz CT molecular complexity index is 101. The largest absolute Gasteiger partial charge is 0.0825 e. The van der Waals surface area contributed by atoms with Crippen molar-refractivity contribution >= 4 is 0 Å². The molecule has 0 fully saturated rings. The fourth-order valence-electron chi connectivity index (χ4n) is 1.17. The molecule has 0 amide bonds. The van der Waals surface area contributed by atoms with E-state index < -0.39 is 0 Å². The highest BCUT2D eigenvalue weighted by molar-refractivity contribution is 5.08. The van der Waals surface area contributed by atoms with E-state index in [0.717, 1.165) is 5.92 Å². The van der Waals surface area contributed by atoms with Crippen LogP contribution in [0.2, 0.25) is 0 Å². The van der Waals surface area contributed by atoms with Gasteiger partial charge in [-0.2, -0.15) is 0 Å². The zero-order valence-electron chi connectivity index (χ0n) is 5.65. The Morgan fingerprint density at radius 1 is 1.62 bits per heavy atom. The van der Waals surface area contributed by atoms with Crippen LogP contribution < -0.4 is 0 Å². The molecule has 0 bridgehead atoms. The molecule has 0 aromatic heterocycles. The molecule has 45 valence electrons. The maximum atomic E-state index is 2.37. The molecule has 0 saturated carbocycles. The monoisotopic (exact) mass is 109 g/mol. The van der Waals surface area contributed by atoms with Crippen LogP contribution in [0.4, 0.5) is 0 Å². The van der Waals surface area contributed by atoms with E-state index in [0.29, 0.717) is 0 Å². The summed E-state index contributed by atoms with van der Waals surface area (Å²) >= 11 is 0. The van der Waals surface area contributed by atoms with Crippen LogP contribution in [-0.2, 0) is 0 Å². The van der Waals surface area contributed by atoms with Gasteiger partial charge in [0, 0.05) is 0 Å². The van der Waals surface area contributed by atoms with Gasteiger partial charge in [0.25, 0.3) is 0 Å². The first-order valence-corrected chi connectivity index (χ1v) is 3.29. The Kier molecular flexibility index (Phi) is 1.72. The van der Waals surface area contributed by atoms with Crippen LogP contribution in [0.25, 0.3) is 0 Å². The topological polar surface area (TPSA) is 0 Å². The molecule has 1 aliphatic rings. The van der Waals surface area contributed by atoms with Crippen LogP contribution in [0.15, 0.2) is 11.6 Å². The third-order valence-electron chi connectivity index (χ3n) is 1.62. The van der Waals surface area contributed by atoms with Crippen LogP contribution in [0, 0.1) is 12.3 Å². The van der Waals surface area contributed by atoms with Gasteiger partial charge >= 0.3 is 0 Å². The second-order valence-electron chi connectivity index (χ2n) is 2.65. The lowest BCUT2D eigenvalue weighted by molar-refractivity contribution is 0.710. The van der Waals surface area contributed by atoms with Crippen molar-refractivity contribution in [1.29, 1.82) is 0 Å². The summed E-state index contributed by atoms with van der Waals surface area (Å²) in [7, 11) is 0. The summed E-state index contributed by atoms with van der Waals surface area (Å²) in [4.78, 5) is 0. The maximum Gasteiger partial charge on any atom is -0.0228 e. The molecule has 0 heterocycles. The van der Waals surface area contributed by atoms with E-state index in [1.54, 1.807) is 5.57 Å². The average Bonchev–Trinajstić information content (AvgIpc) is 1.64. The zero-order valence-corrected chi connectivity index (χ0v) is 5.65. The van der Waals surface area contributed by atoms with Gasteiger partial charge in [-0.1, -0.05) is 18.6 Å². The Hall–Kier alpha value is -0.260.